The highest BCUT2D eigenvalue weighted by atomic mass is 35.5. The van der Waals surface area contributed by atoms with Crippen LogP contribution in [0.15, 0.2) is 12.1 Å². The van der Waals surface area contributed by atoms with Crippen LogP contribution in [0, 0.1) is 0 Å². The zero-order valence-corrected chi connectivity index (χ0v) is 8.93. The van der Waals surface area contributed by atoms with Crippen LogP contribution in [0.5, 0.6) is 0 Å². The van der Waals surface area contributed by atoms with E-state index in [9.17, 15) is 4.79 Å². The van der Waals surface area contributed by atoms with Crippen LogP contribution in [0.3, 0.4) is 0 Å². The number of carbonyl (C=O) groups excluding carboxylic acids is 1. The Kier molecular flexibility index (Phi) is 3.55. The molecule has 0 aliphatic heterocycles. The first-order chi connectivity index (χ1) is 6.50. The van der Waals surface area contributed by atoms with Crippen molar-refractivity contribution in [1.29, 1.82) is 0 Å². The van der Waals surface area contributed by atoms with E-state index >= 15 is 0 Å². The Morgan fingerprint density at radius 1 is 1.57 bits per heavy atom. The van der Waals surface area contributed by atoms with E-state index in [1.165, 1.54) is 0 Å². The molecule has 4 nitrogen and oxygen atoms in total. The number of carbonyl (C=O) groups is 1. The Bertz CT molecular complexity index is 356. The number of amides is 1. The predicted molar refractivity (Wildman–Crippen MR) is 56.5 cm³/mol. The summed E-state index contributed by atoms with van der Waals surface area (Å²) in [5.41, 5.74) is 5.60. The molecule has 0 saturated heterocycles. The van der Waals surface area contributed by atoms with Gasteiger partial charge in [0.15, 0.2) is 5.15 Å². The molecule has 1 atom stereocenters. The summed E-state index contributed by atoms with van der Waals surface area (Å²) < 4.78 is 0. The highest BCUT2D eigenvalue weighted by molar-refractivity contribution is 6.34. The van der Waals surface area contributed by atoms with Crippen LogP contribution in [0.4, 0.5) is 5.69 Å². The van der Waals surface area contributed by atoms with Gasteiger partial charge in [0, 0.05) is 0 Å². The lowest BCUT2D eigenvalue weighted by Crippen LogP contribution is -2.32. The third-order valence-corrected chi connectivity index (χ3v) is 2.11. The number of rotatable bonds is 3. The van der Waals surface area contributed by atoms with Gasteiger partial charge in [-0.25, -0.2) is 4.98 Å². The first kappa shape index (κ1) is 11.1. The molecule has 0 unspecified atom stereocenters. The van der Waals surface area contributed by atoms with Gasteiger partial charge in [0.2, 0.25) is 5.91 Å². The van der Waals surface area contributed by atoms with Gasteiger partial charge < -0.3 is 11.1 Å². The van der Waals surface area contributed by atoms with Gasteiger partial charge in [0.1, 0.15) is 11.2 Å². The number of primary amides is 1. The number of nitrogens with zero attached hydrogens (tertiary/aromatic N) is 1. The van der Waals surface area contributed by atoms with Crippen molar-refractivity contribution in [3.05, 3.63) is 22.4 Å². The Hall–Kier alpha value is -1.00. The molecular formula is C8H9Cl2N3O. The number of halogens is 2. The van der Waals surface area contributed by atoms with Crippen molar-refractivity contribution in [2.75, 3.05) is 5.32 Å². The quantitative estimate of drug-likeness (QED) is 0.781. The number of pyridine rings is 1. The fraction of sp³-hybridized carbons (Fsp3) is 0.250. The molecule has 76 valence electrons. The summed E-state index contributed by atoms with van der Waals surface area (Å²) in [7, 11) is 0. The summed E-state index contributed by atoms with van der Waals surface area (Å²) in [5.74, 6) is -0.462. The highest BCUT2D eigenvalue weighted by Gasteiger charge is 2.10. The molecule has 0 aliphatic rings. The van der Waals surface area contributed by atoms with Crippen LogP contribution in [-0.2, 0) is 4.79 Å². The molecule has 0 saturated carbocycles. The molecule has 1 rings (SSSR count). The number of nitrogens with two attached hydrogens (primary N) is 1. The summed E-state index contributed by atoms with van der Waals surface area (Å²) in [6.45, 7) is 1.63. The van der Waals surface area contributed by atoms with Gasteiger partial charge in [-0.15, -0.1) is 0 Å². The second-order valence-corrected chi connectivity index (χ2v) is 3.49. The minimum atomic E-state index is -0.504. The zero-order chi connectivity index (χ0) is 10.7. The van der Waals surface area contributed by atoms with Crippen molar-refractivity contribution >= 4 is 34.8 Å². The fourth-order valence-corrected chi connectivity index (χ4v) is 1.22. The lowest BCUT2D eigenvalue weighted by molar-refractivity contribution is -0.118. The molecule has 1 aromatic rings. The van der Waals surface area contributed by atoms with Gasteiger partial charge >= 0.3 is 0 Å². The summed E-state index contributed by atoms with van der Waals surface area (Å²) in [5, 5.41) is 3.32. The van der Waals surface area contributed by atoms with E-state index < -0.39 is 11.9 Å². The molecule has 3 N–H and O–H groups in total. The molecule has 14 heavy (non-hydrogen) atoms. The lowest BCUT2D eigenvalue weighted by Gasteiger charge is -2.12. The molecular weight excluding hydrogens is 225 g/mol. The molecule has 0 aromatic carbocycles. The molecule has 0 radical (unpaired) electrons. The van der Waals surface area contributed by atoms with Crippen molar-refractivity contribution in [2.45, 2.75) is 13.0 Å². The van der Waals surface area contributed by atoms with Crippen molar-refractivity contribution in [3.63, 3.8) is 0 Å². The van der Waals surface area contributed by atoms with Crippen molar-refractivity contribution in [1.82, 2.24) is 4.98 Å². The van der Waals surface area contributed by atoms with Crippen LogP contribution >= 0.6 is 23.2 Å². The SMILES string of the molecule is C[C@@H](Nc1ccc(Cl)nc1Cl)C(N)=O. The molecule has 0 bridgehead atoms. The molecule has 0 spiro atoms. The van der Waals surface area contributed by atoms with Crippen molar-refractivity contribution in [2.24, 2.45) is 5.73 Å². The van der Waals surface area contributed by atoms with E-state index in [0.717, 1.165) is 0 Å². The monoisotopic (exact) mass is 233 g/mol. The Morgan fingerprint density at radius 2 is 2.21 bits per heavy atom. The largest absolute Gasteiger partial charge is 0.371 e. The van der Waals surface area contributed by atoms with Crippen LogP contribution in [0.1, 0.15) is 6.92 Å². The Labute approximate surface area is 91.4 Å². The standard InChI is InChI=1S/C8H9Cl2N3O/c1-4(8(11)14)12-5-2-3-6(9)13-7(5)10/h2-4,12H,1H3,(H2,11,14)/t4-/m1/s1. The summed E-state index contributed by atoms with van der Waals surface area (Å²) in [6.07, 6.45) is 0. The van der Waals surface area contributed by atoms with Crippen LogP contribution in [-0.4, -0.2) is 16.9 Å². The van der Waals surface area contributed by atoms with E-state index in [4.69, 9.17) is 28.9 Å². The van der Waals surface area contributed by atoms with Crippen LogP contribution in [0.25, 0.3) is 0 Å². The lowest BCUT2D eigenvalue weighted by atomic mass is 10.3. The van der Waals surface area contributed by atoms with Crippen LogP contribution < -0.4 is 11.1 Å². The third kappa shape index (κ3) is 2.75. The van der Waals surface area contributed by atoms with Crippen molar-refractivity contribution < 1.29 is 4.79 Å². The Balaban J connectivity index is 2.82. The molecule has 1 heterocycles. The summed E-state index contributed by atoms with van der Waals surface area (Å²) in [4.78, 5) is 14.6. The number of anilines is 1. The molecule has 0 aliphatic carbocycles. The second-order valence-electron chi connectivity index (χ2n) is 2.74. The first-order valence-electron chi connectivity index (χ1n) is 3.88. The maximum Gasteiger partial charge on any atom is 0.239 e. The second kappa shape index (κ2) is 4.48. The summed E-state index contributed by atoms with van der Waals surface area (Å²) in [6, 6.07) is 2.70. The fourth-order valence-electron chi connectivity index (χ4n) is 0.824. The maximum atomic E-state index is 10.8. The average molecular weight is 234 g/mol. The number of nitrogens with one attached hydrogen (secondary N) is 1. The highest BCUT2D eigenvalue weighted by Crippen LogP contribution is 2.21. The van der Waals surface area contributed by atoms with Gasteiger partial charge in [-0.1, -0.05) is 23.2 Å². The van der Waals surface area contributed by atoms with Crippen LogP contribution in [0.2, 0.25) is 10.3 Å². The smallest absolute Gasteiger partial charge is 0.239 e. The average Bonchev–Trinajstić information content (AvgIpc) is 2.09. The van der Waals surface area contributed by atoms with Gasteiger partial charge in [0.05, 0.1) is 5.69 Å². The molecule has 1 amide bonds. The van der Waals surface area contributed by atoms with Gasteiger partial charge in [-0.3, -0.25) is 4.79 Å². The summed E-state index contributed by atoms with van der Waals surface area (Å²) >= 11 is 11.4. The van der Waals surface area contributed by atoms with Gasteiger partial charge in [-0.05, 0) is 19.1 Å². The normalized spacial score (nSPS) is 12.2. The zero-order valence-electron chi connectivity index (χ0n) is 7.42. The molecule has 0 fully saturated rings. The number of hydrogen-bond donors (Lipinski definition) is 2. The van der Waals surface area contributed by atoms with E-state index in [0.29, 0.717) is 10.8 Å². The molecule has 6 heteroatoms. The predicted octanol–water partition coefficient (Wildman–Crippen LogP) is 1.67. The topological polar surface area (TPSA) is 68.0 Å². The van der Waals surface area contributed by atoms with E-state index in [-0.39, 0.29) is 5.15 Å². The van der Waals surface area contributed by atoms with Crippen molar-refractivity contribution in [3.8, 4) is 0 Å². The number of hydrogen-bond acceptors (Lipinski definition) is 3. The minimum absolute atomic E-state index is 0.214. The number of aromatic nitrogens is 1. The molecule has 1 aromatic heterocycles. The van der Waals surface area contributed by atoms with E-state index in [2.05, 4.69) is 10.3 Å². The van der Waals surface area contributed by atoms with E-state index in [1.807, 2.05) is 0 Å². The van der Waals surface area contributed by atoms with Gasteiger partial charge in [-0.2, -0.15) is 0 Å². The Morgan fingerprint density at radius 3 is 2.71 bits per heavy atom. The maximum absolute atomic E-state index is 10.8. The van der Waals surface area contributed by atoms with Gasteiger partial charge in [0.25, 0.3) is 0 Å². The minimum Gasteiger partial charge on any atom is -0.371 e. The van der Waals surface area contributed by atoms with E-state index in [1.54, 1.807) is 19.1 Å². The first-order valence-corrected chi connectivity index (χ1v) is 4.64. The third-order valence-electron chi connectivity index (χ3n) is 1.61.